The van der Waals surface area contributed by atoms with Gasteiger partial charge in [0.2, 0.25) is 0 Å². The number of hydrogen-bond donors (Lipinski definition) is 1. The predicted molar refractivity (Wildman–Crippen MR) is 110 cm³/mol. The number of thiazole rings is 1. The Balaban J connectivity index is 1.78. The molecule has 1 aliphatic heterocycles. The number of methoxy groups -OCH3 is 1. The molecule has 1 fully saturated rings. The zero-order valence-corrected chi connectivity index (χ0v) is 17.8. The second kappa shape index (κ2) is 10.8. The van der Waals surface area contributed by atoms with Crippen LogP contribution in [0.25, 0.3) is 0 Å². The molecule has 1 aromatic rings. The van der Waals surface area contributed by atoms with Gasteiger partial charge in [0.1, 0.15) is 11.1 Å². The van der Waals surface area contributed by atoms with Crippen LogP contribution in [0.2, 0.25) is 0 Å². The standard InChI is InChI=1S/C19H35N5OS/c1-6-9-24-10-7-16(8-11-24)12-21-19(20-3)23(4)13-17-14-26-18(22-17)15(2)25-5/h14-16H,6-13H2,1-5H3,(H,20,21). The summed E-state index contributed by atoms with van der Waals surface area (Å²) in [5.74, 6) is 1.68. The van der Waals surface area contributed by atoms with Crippen LogP contribution in [0, 0.1) is 5.92 Å². The molecule has 1 atom stereocenters. The fourth-order valence-electron chi connectivity index (χ4n) is 3.35. The van der Waals surface area contributed by atoms with Gasteiger partial charge in [0.25, 0.3) is 0 Å². The van der Waals surface area contributed by atoms with Gasteiger partial charge in [-0.3, -0.25) is 4.99 Å². The third kappa shape index (κ3) is 6.21. The van der Waals surface area contributed by atoms with Crippen LogP contribution in [0.3, 0.4) is 0 Å². The van der Waals surface area contributed by atoms with Gasteiger partial charge in [0.15, 0.2) is 5.96 Å². The van der Waals surface area contributed by atoms with Crippen molar-refractivity contribution < 1.29 is 4.74 Å². The first-order valence-electron chi connectivity index (χ1n) is 9.68. The highest BCUT2D eigenvalue weighted by Gasteiger charge is 2.19. The second-order valence-electron chi connectivity index (χ2n) is 7.12. The number of hydrogen-bond acceptors (Lipinski definition) is 5. The van der Waals surface area contributed by atoms with E-state index in [4.69, 9.17) is 4.74 Å². The monoisotopic (exact) mass is 381 g/mol. The first-order valence-corrected chi connectivity index (χ1v) is 10.6. The van der Waals surface area contributed by atoms with E-state index in [1.165, 1.54) is 38.9 Å². The first kappa shape index (κ1) is 21.1. The number of nitrogens with one attached hydrogen (secondary N) is 1. The molecule has 0 radical (unpaired) electrons. The highest BCUT2D eigenvalue weighted by Crippen LogP contribution is 2.21. The highest BCUT2D eigenvalue weighted by molar-refractivity contribution is 7.09. The molecule has 1 aliphatic rings. The van der Waals surface area contributed by atoms with Gasteiger partial charge in [0.05, 0.1) is 12.2 Å². The van der Waals surface area contributed by atoms with Crippen molar-refractivity contribution in [1.82, 2.24) is 20.1 Å². The molecule has 26 heavy (non-hydrogen) atoms. The van der Waals surface area contributed by atoms with E-state index in [-0.39, 0.29) is 6.10 Å². The number of guanidine groups is 1. The lowest BCUT2D eigenvalue weighted by Crippen LogP contribution is -2.43. The molecule has 6 nitrogen and oxygen atoms in total. The highest BCUT2D eigenvalue weighted by atomic mass is 32.1. The minimum Gasteiger partial charge on any atom is -0.375 e. The lowest BCUT2D eigenvalue weighted by atomic mass is 9.97. The number of likely N-dealkylation sites (tertiary alicyclic amines) is 1. The Labute approximate surface area is 162 Å². The number of ether oxygens (including phenoxy) is 1. The Kier molecular flexibility index (Phi) is 8.81. The van der Waals surface area contributed by atoms with Crippen molar-refractivity contribution in [2.75, 3.05) is 47.4 Å². The fraction of sp³-hybridized carbons (Fsp3) is 0.789. The van der Waals surface area contributed by atoms with Crippen LogP contribution in [-0.2, 0) is 11.3 Å². The number of aromatic nitrogens is 1. The van der Waals surface area contributed by atoms with E-state index in [2.05, 4.69) is 44.4 Å². The number of piperidine rings is 1. The van der Waals surface area contributed by atoms with Crippen molar-refractivity contribution in [2.45, 2.75) is 45.8 Å². The molecule has 0 amide bonds. The largest absolute Gasteiger partial charge is 0.375 e. The van der Waals surface area contributed by atoms with Gasteiger partial charge in [-0.2, -0.15) is 0 Å². The summed E-state index contributed by atoms with van der Waals surface area (Å²) >= 11 is 1.66. The van der Waals surface area contributed by atoms with Crippen molar-refractivity contribution in [3.05, 3.63) is 16.1 Å². The van der Waals surface area contributed by atoms with Crippen LogP contribution in [0.5, 0.6) is 0 Å². The summed E-state index contributed by atoms with van der Waals surface area (Å²) < 4.78 is 5.35. The van der Waals surface area contributed by atoms with Gasteiger partial charge in [-0.15, -0.1) is 11.3 Å². The second-order valence-corrected chi connectivity index (χ2v) is 8.01. The van der Waals surface area contributed by atoms with E-state index in [0.29, 0.717) is 0 Å². The van der Waals surface area contributed by atoms with Crippen LogP contribution < -0.4 is 5.32 Å². The molecule has 1 saturated heterocycles. The van der Waals surface area contributed by atoms with Crippen LogP contribution >= 0.6 is 11.3 Å². The Bertz CT molecular complexity index is 554. The molecule has 0 aromatic carbocycles. The topological polar surface area (TPSA) is 53.0 Å². The van der Waals surface area contributed by atoms with Crippen LogP contribution in [0.4, 0.5) is 0 Å². The summed E-state index contributed by atoms with van der Waals surface area (Å²) in [6.45, 7) is 9.73. The summed E-state index contributed by atoms with van der Waals surface area (Å²) in [6, 6.07) is 0. The molecule has 148 valence electrons. The Morgan fingerprint density at radius 2 is 2.23 bits per heavy atom. The van der Waals surface area contributed by atoms with Crippen molar-refractivity contribution in [3.63, 3.8) is 0 Å². The number of aliphatic imine (C=N–C) groups is 1. The maximum atomic E-state index is 5.35. The molecule has 0 spiro atoms. The molecular formula is C19H35N5OS. The quantitative estimate of drug-likeness (QED) is 0.554. The van der Waals surface area contributed by atoms with Gasteiger partial charge < -0.3 is 19.9 Å². The van der Waals surface area contributed by atoms with E-state index in [9.17, 15) is 0 Å². The minimum absolute atomic E-state index is 0.0510. The minimum atomic E-state index is 0.0510. The summed E-state index contributed by atoms with van der Waals surface area (Å²) in [7, 11) is 5.64. The molecule has 1 N–H and O–H groups in total. The molecule has 7 heteroatoms. The molecule has 2 rings (SSSR count). The van der Waals surface area contributed by atoms with Gasteiger partial charge in [-0.05, 0) is 51.7 Å². The average molecular weight is 382 g/mol. The number of rotatable bonds is 8. The summed E-state index contributed by atoms with van der Waals surface area (Å²) in [4.78, 5) is 13.8. The normalized spacial score (nSPS) is 18.1. The third-order valence-corrected chi connectivity index (χ3v) is 6.09. The summed E-state index contributed by atoms with van der Waals surface area (Å²) in [6.07, 6.45) is 3.85. The lowest BCUT2D eigenvalue weighted by Gasteiger charge is -2.32. The molecule has 1 unspecified atom stereocenters. The molecular weight excluding hydrogens is 346 g/mol. The van der Waals surface area contributed by atoms with Crippen LogP contribution in [0.15, 0.2) is 10.4 Å². The van der Waals surface area contributed by atoms with E-state index < -0.39 is 0 Å². The first-order chi connectivity index (χ1) is 12.6. The van der Waals surface area contributed by atoms with E-state index in [0.717, 1.165) is 35.7 Å². The fourth-order valence-corrected chi connectivity index (χ4v) is 4.19. The lowest BCUT2D eigenvalue weighted by molar-refractivity contribution is 0.119. The van der Waals surface area contributed by atoms with Crippen molar-refractivity contribution in [2.24, 2.45) is 10.9 Å². The van der Waals surface area contributed by atoms with Gasteiger partial charge in [-0.1, -0.05) is 6.92 Å². The Morgan fingerprint density at radius 1 is 1.50 bits per heavy atom. The third-order valence-electron chi connectivity index (χ3n) is 5.04. The average Bonchev–Trinajstić information content (AvgIpc) is 3.11. The van der Waals surface area contributed by atoms with E-state index in [1.807, 2.05) is 14.0 Å². The molecule has 0 bridgehead atoms. The van der Waals surface area contributed by atoms with Gasteiger partial charge >= 0.3 is 0 Å². The summed E-state index contributed by atoms with van der Waals surface area (Å²) in [5.41, 5.74) is 1.06. The van der Waals surface area contributed by atoms with E-state index >= 15 is 0 Å². The van der Waals surface area contributed by atoms with Crippen molar-refractivity contribution in [3.8, 4) is 0 Å². The maximum Gasteiger partial charge on any atom is 0.193 e. The van der Waals surface area contributed by atoms with Crippen LogP contribution in [-0.4, -0.2) is 68.1 Å². The predicted octanol–water partition coefficient (Wildman–Crippen LogP) is 2.98. The SMILES string of the molecule is CCCN1CCC(CNC(=NC)N(C)Cc2csc(C(C)OC)n2)CC1. The van der Waals surface area contributed by atoms with E-state index in [1.54, 1.807) is 18.4 Å². The molecule has 0 saturated carbocycles. The Morgan fingerprint density at radius 3 is 2.85 bits per heavy atom. The van der Waals surface area contributed by atoms with Crippen molar-refractivity contribution >= 4 is 17.3 Å². The zero-order chi connectivity index (χ0) is 18.9. The van der Waals surface area contributed by atoms with Gasteiger partial charge in [-0.25, -0.2) is 4.98 Å². The molecule has 0 aliphatic carbocycles. The smallest absolute Gasteiger partial charge is 0.193 e. The zero-order valence-electron chi connectivity index (χ0n) is 17.0. The van der Waals surface area contributed by atoms with Gasteiger partial charge in [0, 0.05) is 33.1 Å². The number of nitrogens with zero attached hydrogens (tertiary/aromatic N) is 4. The van der Waals surface area contributed by atoms with Crippen LogP contribution in [0.1, 0.15) is 49.9 Å². The maximum absolute atomic E-state index is 5.35. The van der Waals surface area contributed by atoms with Crippen molar-refractivity contribution in [1.29, 1.82) is 0 Å². The summed E-state index contributed by atoms with van der Waals surface area (Å²) in [5, 5.41) is 6.69. The Hall–Kier alpha value is -1.18. The molecule has 1 aromatic heterocycles. The molecule has 2 heterocycles.